The summed E-state index contributed by atoms with van der Waals surface area (Å²) in [7, 11) is 1.69. The first-order chi connectivity index (χ1) is 19.6. The van der Waals surface area contributed by atoms with E-state index in [0.717, 1.165) is 44.5 Å². The van der Waals surface area contributed by atoms with E-state index in [0.29, 0.717) is 23.2 Å². The molecule has 0 amide bonds. The van der Waals surface area contributed by atoms with Gasteiger partial charge in [-0.25, -0.2) is 18.7 Å². The summed E-state index contributed by atoms with van der Waals surface area (Å²) in [5, 5.41) is 16.9. The average molecular weight is 566 g/mol. The van der Waals surface area contributed by atoms with Gasteiger partial charge in [0.05, 0.1) is 35.4 Å². The minimum atomic E-state index is -0.957. The number of nitrogens with one attached hydrogen (secondary N) is 1. The lowest BCUT2D eigenvalue weighted by Gasteiger charge is -2.58. The second kappa shape index (κ2) is 11.4. The molecule has 216 valence electrons. The maximum Gasteiger partial charge on any atom is 0.177 e. The Morgan fingerprint density at radius 1 is 1.24 bits per heavy atom. The van der Waals surface area contributed by atoms with Gasteiger partial charge in [0.2, 0.25) is 0 Å². The van der Waals surface area contributed by atoms with E-state index in [1.807, 2.05) is 0 Å². The number of aliphatic hydroxyl groups is 1. The normalized spacial score (nSPS) is 26.8. The summed E-state index contributed by atoms with van der Waals surface area (Å²) in [4.78, 5) is 23.6. The molecule has 4 aliphatic rings. The number of anilines is 2. The molecule has 4 aliphatic carbocycles. The van der Waals surface area contributed by atoms with E-state index < -0.39 is 17.2 Å². The summed E-state index contributed by atoms with van der Waals surface area (Å²) in [5.74, 6) is -0.219. The second-order valence-corrected chi connectivity index (χ2v) is 11.3. The number of carbonyl (C=O) groups excluding carboxylic acids is 1. The predicted molar refractivity (Wildman–Crippen MR) is 149 cm³/mol. The number of benzene rings is 1. The maximum absolute atomic E-state index is 13.9. The summed E-state index contributed by atoms with van der Waals surface area (Å²) in [6, 6.07) is 5.44. The van der Waals surface area contributed by atoms with Crippen LogP contribution in [-0.4, -0.2) is 44.9 Å². The molecule has 7 rings (SSSR count). The zero-order valence-electron chi connectivity index (χ0n) is 22.7. The van der Waals surface area contributed by atoms with Gasteiger partial charge in [-0.3, -0.25) is 4.99 Å². The number of halogens is 2. The quantitative estimate of drug-likeness (QED) is 0.246. The number of allylic oxidation sites excluding steroid dienone is 1. The van der Waals surface area contributed by atoms with Gasteiger partial charge in [0.1, 0.15) is 18.2 Å². The summed E-state index contributed by atoms with van der Waals surface area (Å²) in [5.41, 5.74) is 12.8. The van der Waals surface area contributed by atoms with Gasteiger partial charge in [0, 0.05) is 24.1 Å². The summed E-state index contributed by atoms with van der Waals surface area (Å²) in [6.45, 7) is -0.128. The van der Waals surface area contributed by atoms with Gasteiger partial charge in [-0.15, -0.1) is 0 Å². The van der Waals surface area contributed by atoms with Crippen molar-refractivity contribution < 1.29 is 23.2 Å². The van der Waals surface area contributed by atoms with Gasteiger partial charge in [0.15, 0.2) is 23.3 Å². The van der Waals surface area contributed by atoms with Gasteiger partial charge in [-0.2, -0.15) is 0 Å². The third-order valence-electron chi connectivity index (χ3n) is 8.12. The molecule has 0 saturated heterocycles. The number of rotatable bonds is 7. The fraction of sp³-hybridized carbons (Fsp3) is 0.414. The lowest BCUT2D eigenvalue weighted by molar-refractivity contribution is -0.167. The Bertz CT molecular complexity index is 1460. The Morgan fingerprint density at radius 2 is 2.00 bits per heavy atom. The van der Waals surface area contributed by atoms with Crippen molar-refractivity contribution in [1.29, 1.82) is 0 Å². The second-order valence-electron chi connectivity index (χ2n) is 11.3. The molecule has 2 aromatic heterocycles. The summed E-state index contributed by atoms with van der Waals surface area (Å²) < 4.78 is 32.1. The van der Waals surface area contributed by atoms with Gasteiger partial charge in [-0.05, 0) is 62.5 Å². The number of carbonyl (C=O) groups is 1. The Balaban J connectivity index is 0.000000213. The Kier molecular flexibility index (Phi) is 7.85. The smallest absolute Gasteiger partial charge is 0.177 e. The molecule has 0 aliphatic heterocycles. The molecule has 0 spiro atoms. The molecule has 4 bridgehead atoms. The number of aliphatic imine (C=N–C) groups is 1. The first-order valence-electron chi connectivity index (χ1n) is 13.5. The zero-order valence-corrected chi connectivity index (χ0v) is 22.7. The average Bonchev–Trinajstić information content (AvgIpc) is 3.47. The van der Waals surface area contributed by atoms with Crippen molar-refractivity contribution in [2.75, 3.05) is 18.1 Å². The standard InChI is InChI=1S/C18H17F2N7O.C11H16O2/c1-23-15-9-25-18(26-17(15)22)12(21)7-14(13-5-6-28-27-13)24-8-10-3-2-4-11(19)16(10)20;12-7-10-2-8-1-9(3-10)5-11(13,4-8)6-10/h2-7,9,23H,8,21H2,1H3,(H2,22,25,26);7-9,13H,1-6H2/b12-7-,24-14?;. The highest BCUT2D eigenvalue weighted by Gasteiger charge is 2.57. The molecule has 41 heavy (non-hydrogen) atoms. The van der Waals surface area contributed by atoms with Crippen molar-refractivity contribution >= 4 is 29.2 Å². The molecule has 0 radical (unpaired) electrons. The van der Waals surface area contributed by atoms with E-state index in [2.05, 4.69) is 25.4 Å². The predicted octanol–water partition coefficient (Wildman–Crippen LogP) is 3.87. The fourth-order valence-corrected chi connectivity index (χ4v) is 6.75. The highest BCUT2D eigenvalue weighted by molar-refractivity contribution is 6.10. The van der Waals surface area contributed by atoms with Crippen LogP contribution in [0.2, 0.25) is 0 Å². The van der Waals surface area contributed by atoms with Crippen molar-refractivity contribution in [1.82, 2.24) is 15.1 Å². The van der Waals surface area contributed by atoms with E-state index in [1.165, 1.54) is 37.1 Å². The molecule has 6 N–H and O–H groups in total. The molecule has 12 heteroatoms. The van der Waals surface area contributed by atoms with E-state index in [1.54, 1.807) is 13.1 Å². The van der Waals surface area contributed by atoms with Crippen LogP contribution in [0.25, 0.3) is 5.70 Å². The van der Waals surface area contributed by atoms with Crippen LogP contribution in [0.15, 0.2) is 52.3 Å². The SMILES string of the molecule is CNc1cnc(/C(N)=C/C(=NCc2cccc(F)c2F)c2ccon2)nc1N.O=CC12CC3CC(CC(O)(C3)C1)C2. The third-order valence-corrected chi connectivity index (χ3v) is 8.12. The zero-order chi connectivity index (χ0) is 29.2. The first kappa shape index (κ1) is 28.3. The first-order valence-corrected chi connectivity index (χ1v) is 13.5. The highest BCUT2D eigenvalue weighted by Crippen LogP contribution is 2.60. The largest absolute Gasteiger partial charge is 0.396 e. The van der Waals surface area contributed by atoms with Gasteiger partial charge < -0.3 is 31.2 Å². The Hall–Kier alpha value is -4.19. The van der Waals surface area contributed by atoms with Crippen molar-refractivity contribution in [3.63, 3.8) is 0 Å². The minimum absolute atomic E-state index is 0.0897. The van der Waals surface area contributed by atoms with Crippen LogP contribution in [0.3, 0.4) is 0 Å². The van der Waals surface area contributed by atoms with E-state index in [9.17, 15) is 18.7 Å². The van der Waals surface area contributed by atoms with Crippen LogP contribution in [-0.2, 0) is 11.3 Å². The van der Waals surface area contributed by atoms with Crippen molar-refractivity contribution in [3.8, 4) is 0 Å². The lowest BCUT2D eigenvalue weighted by Crippen LogP contribution is -2.56. The van der Waals surface area contributed by atoms with E-state index in [-0.39, 0.29) is 40.6 Å². The number of hydrogen-bond acceptors (Lipinski definition) is 10. The highest BCUT2D eigenvalue weighted by atomic mass is 19.2. The molecule has 4 fully saturated rings. The minimum Gasteiger partial charge on any atom is -0.396 e. The lowest BCUT2D eigenvalue weighted by atomic mass is 9.48. The topological polar surface area (TPSA) is 166 Å². The van der Waals surface area contributed by atoms with Crippen molar-refractivity contribution in [2.24, 2.45) is 28.0 Å². The Labute approximate surface area is 235 Å². The Morgan fingerprint density at radius 3 is 2.61 bits per heavy atom. The number of nitrogens with two attached hydrogens (primary N) is 2. The monoisotopic (exact) mass is 565 g/mol. The molecular formula is C29H33F2N7O3. The summed E-state index contributed by atoms with van der Waals surface area (Å²) in [6.07, 6.45) is 11.5. The van der Waals surface area contributed by atoms with E-state index >= 15 is 0 Å². The van der Waals surface area contributed by atoms with Crippen molar-refractivity contribution in [3.05, 3.63) is 71.5 Å². The number of aldehydes is 1. The molecule has 4 saturated carbocycles. The number of nitrogens with zero attached hydrogens (tertiary/aromatic N) is 4. The number of aromatic nitrogens is 3. The van der Waals surface area contributed by atoms with Crippen LogP contribution < -0.4 is 16.8 Å². The molecule has 2 atom stereocenters. The van der Waals surface area contributed by atoms with Crippen LogP contribution in [0.5, 0.6) is 0 Å². The molecule has 10 nitrogen and oxygen atoms in total. The van der Waals surface area contributed by atoms with Crippen LogP contribution in [0, 0.1) is 28.9 Å². The van der Waals surface area contributed by atoms with E-state index in [4.69, 9.17) is 16.0 Å². The molecule has 2 heterocycles. The van der Waals surface area contributed by atoms with Crippen LogP contribution in [0.1, 0.15) is 55.6 Å². The molecule has 2 unspecified atom stereocenters. The fourth-order valence-electron chi connectivity index (χ4n) is 6.75. The number of hydrogen-bond donors (Lipinski definition) is 4. The van der Waals surface area contributed by atoms with Gasteiger partial charge in [-0.1, -0.05) is 17.3 Å². The maximum atomic E-state index is 13.9. The number of nitrogen functional groups attached to an aromatic ring is 1. The third kappa shape index (κ3) is 6.12. The van der Waals surface area contributed by atoms with Gasteiger partial charge in [0.25, 0.3) is 0 Å². The van der Waals surface area contributed by atoms with Crippen molar-refractivity contribution in [2.45, 2.75) is 50.7 Å². The summed E-state index contributed by atoms with van der Waals surface area (Å²) >= 11 is 0. The van der Waals surface area contributed by atoms with Crippen LogP contribution >= 0.6 is 0 Å². The van der Waals surface area contributed by atoms with Crippen LogP contribution in [0.4, 0.5) is 20.3 Å². The molecular weight excluding hydrogens is 532 g/mol. The molecule has 3 aromatic rings. The van der Waals surface area contributed by atoms with Gasteiger partial charge >= 0.3 is 0 Å². The molecule has 1 aromatic carbocycles.